The van der Waals surface area contributed by atoms with Gasteiger partial charge in [-0.25, -0.2) is 0 Å². The molecule has 0 bridgehead atoms. The van der Waals surface area contributed by atoms with E-state index in [0.717, 1.165) is 23.7 Å². The Morgan fingerprint density at radius 2 is 1.86 bits per heavy atom. The largest absolute Gasteiger partial charge is 0.434 e. The number of benzene rings is 1. The second-order valence-corrected chi connectivity index (χ2v) is 7.70. The minimum Gasteiger partial charge on any atom is -0.434 e. The van der Waals surface area contributed by atoms with Crippen LogP contribution >= 0.6 is 24.0 Å². The molecule has 4 heteroatoms. The molecule has 2 aromatic rings. The highest BCUT2D eigenvalue weighted by Crippen LogP contribution is 2.27. The van der Waals surface area contributed by atoms with Gasteiger partial charge in [0, 0.05) is 6.20 Å². The number of hydrogen-bond donors (Lipinski definition) is 1. The minimum absolute atomic E-state index is 0.460. The molecule has 0 atom stereocenters. The zero-order valence-electron chi connectivity index (χ0n) is 13.8. The van der Waals surface area contributed by atoms with Crippen LogP contribution in [0.25, 0.3) is 0 Å². The maximum atomic E-state index is 5.37. The van der Waals surface area contributed by atoms with Crippen molar-refractivity contribution >= 4 is 24.0 Å². The summed E-state index contributed by atoms with van der Waals surface area (Å²) in [6, 6.07) is 6.98. The molecule has 1 aromatic carbocycles. The van der Waals surface area contributed by atoms with Crippen molar-refractivity contribution in [2.24, 2.45) is 0 Å². The van der Waals surface area contributed by atoms with Crippen LogP contribution in [0, 0.1) is 4.84 Å². The Labute approximate surface area is 142 Å². The van der Waals surface area contributed by atoms with Crippen molar-refractivity contribution in [2.75, 3.05) is 5.75 Å². The maximum Gasteiger partial charge on any atom is 0.266 e. The molecule has 2 nitrogen and oxygen atoms in total. The van der Waals surface area contributed by atoms with E-state index in [1.165, 1.54) is 16.7 Å². The first kappa shape index (κ1) is 17.4. The molecule has 1 aromatic heterocycles. The van der Waals surface area contributed by atoms with E-state index in [1.807, 2.05) is 18.0 Å². The van der Waals surface area contributed by atoms with Gasteiger partial charge in [-0.3, -0.25) is 0 Å². The highest BCUT2D eigenvalue weighted by atomic mass is 32.2. The fraction of sp³-hybridized carbons (Fsp3) is 0.500. The lowest BCUT2D eigenvalue weighted by Gasteiger charge is -2.17. The van der Waals surface area contributed by atoms with E-state index in [9.17, 15) is 0 Å². The van der Waals surface area contributed by atoms with Crippen molar-refractivity contribution in [3.05, 3.63) is 51.7 Å². The van der Waals surface area contributed by atoms with Gasteiger partial charge in [0.15, 0.2) is 0 Å². The third-order valence-electron chi connectivity index (χ3n) is 3.75. The Morgan fingerprint density at radius 1 is 1.14 bits per heavy atom. The van der Waals surface area contributed by atoms with Crippen LogP contribution < -0.4 is 0 Å². The summed E-state index contributed by atoms with van der Waals surface area (Å²) in [6.07, 6.45) is 2.94. The standard InChI is InChI=1S/C18H25NOS2/c1-12(2)16-6-5-14(9-17(16)13(3)4)7-8-22-11-15-10-19-18(21)20-15/h5-6,9-10,12-13H,7-8,11H2,1-4H3,(H,19,21). The number of rotatable bonds is 7. The molecule has 0 aliphatic rings. The number of aryl methyl sites for hydroxylation is 1. The molecule has 1 heterocycles. The molecule has 0 aliphatic heterocycles. The summed E-state index contributed by atoms with van der Waals surface area (Å²) in [5, 5.41) is 0. The predicted molar refractivity (Wildman–Crippen MR) is 98.4 cm³/mol. The van der Waals surface area contributed by atoms with Gasteiger partial charge in [0.2, 0.25) is 0 Å². The van der Waals surface area contributed by atoms with Crippen LogP contribution in [0.2, 0.25) is 0 Å². The highest BCUT2D eigenvalue weighted by molar-refractivity contribution is 7.98. The summed E-state index contributed by atoms with van der Waals surface area (Å²) < 4.78 is 5.37. The zero-order chi connectivity index (χ0) is 16.1. The second kappa shape index (κ2) is 8.02. The van der Waals surface area contributed by atoms with Gasteiger partial charge in [-0.15, -0.1) is 0 Å². The molecular formula is C18H25NOS2. The zero-order valence-corrected chi connectivity index (χ0v) is 15.4. The number of H-pyrrole nitrogens is 1. The molecule has 120 valence electrons. The normalized spacial score (nSPS) is 11.5. The van der Waals surface area contributed by atoms with E-state index in [2.05, 4.69) is 50.9 Å². The van der Waals surface area contributed by atoms with E-state index in [1.54, 1.807) is 0 Å². The fourth-order valence-electron chi connectivity index (χ4n) is 2.56. The summed E-state index contributed by atoms with van der Waals surface area (Å²) in [5.74, 6) is 4.05. The third-order valence-corrected chi connectivity index (χ3v) is 4.93. The SMILES string of the molecule is CC(C)c1ccc(CCSCc2c[nH]c(=S)o2)cc1C(C)C. The molecule has 0 fully saturated rings. The summed E-state index contributed by atoms with van der Waals surface area (Å²) in [5.41, 5.74) is 4.40. The van der Waals surface area contributed by atoms with Crippen molar-refractivity contribution in [3.8, 4) is 0 Å². The van der Waals surface area contributed by atoms with Crippen LogP contribution in [0.15, 0.2) is 28.8 Å². The fourth-order valence-corrected chi connectivity index (χ4v) is 3.59. The molecule has 0 unspecified atom stereocenters. The van der Waals surface area contributed by atoms with Crippen LogP contribution in [-0.4, -0.2) is 10.7 Å². The van der Waals surface area contributed by atoms with Crippen molar-refractivity contribution < 1.29 is 4.42 Å². The average molecular weight is 336 g/mol. The molecule has 0 saturated carbocycles. The van der Waals surface area contributed by atoms with E-state index in [0.29, 0.717) is 16.7 Å². The number of aromatic nitrogens is 1. The summed E-state index contributed by atoms with van der Waals surface area (Å²) >= 11 is 6.81. The van der Waals surface area contributed by atoms with Gasteiger partial charge in [0.05, 0.1) is 5.75 Å². The van der Waals surface area contributed by atoms with Gasteiger partial charge in [0.25, 0.3) is 4.84 Å². The minimum atomic E-state index is 0.460. The van der Waals surface area contributed by atoms with Crippen molar-refractivity contribution in [1.29, 1.82) is 0 Å². The van der Waals surface area contributed by atoms with Crippen LogP contribution in [0.5, 0.6) is 0 Å². The van der Waals surface area contributed by atoms with Crippen molar-refractivity contribution in [2.45, 2.75) is 51.7 Å². The molecule has 0 amide bonds. The lowest BCUT2D eigenvalue weighted by Crippen LogP contribution is -2.01. The topological polar surface area (TPSA) is 28.9 Å². The van der Waals surface area contributed by atoms with Gasteiger partial charge >= 0.3 is 0 Å². The molecule has 0 saturated heterocycles. The van der Waals surface area contributed by atoms with Crippen molar-refractivity contribution in [3.63, 3.8) is 0 Å². The van der Waals surface area contributed by atoms with E-state index in [4.69, 9.17) is 16.6 Å². The van der Waals surface area contributed by atoms with Crippen LogP contribution in [0.1, 0.15) is 62.0 Å². The molecule has 0 aliphatic carbocycles. The lowest BCUT2D eigenvalue weighted by molar-refractivity contribution is 0.508. The molecule has 0 spiro atoms. The third kappa shape index (κ3) is 4.75. The Kier molecular flexibility index (Phi) is 6.33. The lowest BCUT2D eigenvalue weighted by atomic mass is 9.89. The molecule has 22 heavy (non-hydrogen) atoms. The number of aromatic amines is 1. The number of thioether (sulfide) groups is 1. The van der Waals surface area contributed by atoms with Gasteiger partial charge in [-0.2, -0.15) is 11.8 Å². The molecule has 1 N–H and O–H groups in total. The number of nitrogens with one attached hydrogen (secondary N) is 1. The smallest absolute Gasteiger partial charge is 0.266 e. The first-order valence-electron chi connectivity index (χ1n) is 7.85. The van der Waals surface area contributed by atoms with E-state index in [-0.39, 0.29) is 0 Å². The van der Waals surface area contributed by atoms with Gasteiger partial charge in [-0.05, 0) is 52.9 Å². The van der Waals surface area contributed by atoms with Crippen LogP contribution in [0.3, 0.4) is 0 Å². The number of hydrogen-bond acceptors (Lipinski definition) is 3. The highest BCUT2D eigenvalue weighted by Gasteiger charge is 2.10. The second-order valence-electron chi connectivity index (χ2n) is 6.22. The predicted octanol–water partition coefficient (Wildman–Crippen LogP) is 6.06. The Hall–Kier alpha value is -1.00. The van der Waals surface area contributed by atoms with Gasteiger partial charge in [-0.1, -0.05) is 45.9 Å². The summed E-state index contributed by atoms with van der Waals surface area (Å²) in [7, 11) is 0. The van der Waals surface area contributed by atoms with Gasteiger partial charge in [0.1, 0.15) is 5.76 Å². The van der Waals surface area contributed by atoms with Crippen molar-refractivity contribution in [1.82, 2.24) is 4.98 Å². The monoisotopic (exact) mass is 335 g/mol. The summed E-state index contributed by atoms with van der Waals surface area (Å²) in [6.45, 7) is 9.09. The Morgan fingerprint density at radius 3 is 2.45 bits per heavy atom. The van der Waals surface area contributed by atoms with E-state index >= 15 is 0 Å². The Bertz CT molecular complexity index is 655. The summed E-state index contributed by atoms with van der Waals surface area (Å²) in [4.78, 5) is 3.36. The first-order chi connectivity index (χ1) is 10.5. The Balaban J connectivity index is 1.92. The number of oxazole rings is 1. The molecular weight excluding hydrogens is 310 g/mol. The van der Waals surface area contributed by atoms with Crippen LogP contribution in [0.4, 0.5) is 0 Å². The van der Waals surface area contributed by atoms with E-state index < -0.39 is 0 Å². The maximum absolute atomic E-state index is 5.37. The molecule has 2 rings (SSSR count). The van der Waals surface area contributed by atoms with Gasteiger partial charge < -0.3 is 9.40 Å². The van der Waals surface area contributed by atoms with Crippen LogP contribution in [-0.2, 0) is 12.2 Å². The quantitative estimate of drug-likeness (QED) is 0.492. The average Bonchev–Trinajstić information content (AvgIpc) is 2.88. The molecule has 0 radical (unpaired) electrons. The first-order valence-corrected chi connectivity index (χ1v) is 9.41.